The molecule has 2 fully saturated rings. The maximum absolute atomic E-state index is 12.3. The van der Waals surface area contributed by atoms with E-state index < -0.39 is 5.91 Å². The van der Waals surface area contributed by atoms with E-state index in [1.165, 1.54) is 25.7 Å². The molecule has 2 aliphatic carbocycles. The Labute approximate surface area is 189 Å². The predicted molar refractivity (Wildman–Crippen MR) is 127 cm³/mol. The normalized spacial score (nSPS) is 27.3. The molecule has 0 aliphatic heterocycles. The van der Waals surface area contributed by atoms with E-state index in [1.54, 1.807) is 13.3 Å². The number of carbonyl (C=O) groups excluding carboxylic acids is 1. The monoisotopic (exact) mass is 432 g/mol. The van der Waals surface area contributed by atoms with Crippen molar-refractivity contribution in [1.82, 2.24) is 9.61 Å². The van der Waals surface area contributed by atoms with Crippen LogP contribution in [0.4, 0.5) is 5.69 Å². The lowest BCUT2D eigenvalue weighted by Crippen LogP contribution is -2.45. The fraction of sp³-hybridized carbons (Fsp3) is 0.462. The number of aromatic nitrogens is 2. The predicted octanol–water partition coefficient (Wildman–Crippen LogP) is 4.98. The molecule has 5 unspecified atom stereocenters. The molecule has 168 valence electrons. The average molecular weight is 433 g/mol. The van der Waals surface area contributed by atoms with Gasteiger partial charge >= 0.3 is 0 Å². The van der Waals surface area contributed by atoms with Crippen LogP contribution in [-0.4, -0.2) is 28.7 Å². The largest absolute Gasteiger partial charge is 0.497 e. The molecule has 5 rings (SSSR count). The van der Waals surface area contributed by atoms with Crippen LogP contribution in [-0.2, 0) is 0 Å². The van der Waals surface area contributed by atoms with E-state index in [-0.39, 0.29) is 0 Å². The van der Waals surface area contributed by atoms with Crippen molar-refractivity contribution in [3.8, 4) is 16.9 Å². The van der Waals surface area contributed by atoms with Gasteiger partial charge in [-0.15, -0.1) is 0 Å². The van der Waals surface area contributed by atoms with Crippen LogP contribution in [0, 0.1) is 23.7 Å². The van der Waals surface area contributed by atoms with Gasteiger partial charge in [0.15, 0.2) is 0 Å². The van der Waals surface area contributed by atoms with Crippen LogP contribution in [0.3, 0.4) is 0 Å². The summed E-state index contributed by atoms with van der Waals surface area (Å²) in [4.78, 5) is 12.3. The van der Waals surface area contributed by atoms with Crippen molar-refractivity contribution in [1.29, 1.82) is 0 Å². The number of fused-ring (bicyclic) bond motifs is 3. The van der Waals surface area contributed by atoms with E-state index in [4.69, 9.17) is 10.5 Å². The first-order chi connectivity index (χ1) is 15.4. The fourth-order valence-electron chi connectivity index (χ4n) is 6.21. The molecule has 2 aliphatic rings. The van der Waals surface area contributed by atoms with E-state index in [1.807, 2.05) is 35.0 Å². The zero-order chi connectivity index (χ0) is 22.4. The van der Waals surface area contributed by atoms with Gasteiger partial charge in [-0.3, -0.25) is 4.79 Å². The zero-order valence-electron chi connectivity index (χ0n) is 19.0. The molecular formula is C26H32N4O2. The van der Waals surface area contributed by atoms with Gasteiger partial charge in [0.05, 0.1) is 30.1 Å². The lowest BCUT2D eigenvalue weighted by molar-refractivity contribution is 0.0958. The fourth-order valence-corrected chi connectivity index (χ4v) is 6.21. The molecule has 32 heavy (non-hydrogen) atoms. The molecule has 2 heterocycles. The van der Waals surface area contributed by atoms with Crippen LogP contribution in [0.5, 0.6) is 5.75 Å². The Hall–Kier alpha value is -3.02. The molecule has 2 bridgehead atoms. The number of primary amides is 1. The summed E-state index contributed by atoms with van der Waals surface area (Å²) in [5, 5.41) is 8.28. The molecule has 3 aromatic rings. The Balaban J connectivity index is 1.57. The van der Waals surface area contributed by atoms with Crippen molar-refractivity contribution in [3.05, 3.63) is 48.3 Å². The third kappa shape index (κ3) is 3.72. The number of anilines is 1. The number of hydrogen-bond acceptors (Lipinski definition) is 4. The Kier molecular flexibility index (Phi) is 5.31. The summed E-state index contributed by atoms with van der Waals surface area (Å²) in [6.45, 7) is 4.72. The topological polar surface area (TPSA) is 81.6 Å². The summed E-state index contributed by atoms with van der Waals surface area (Å²) >= 11 is 0. The third-order valence-corrected chi connectivity index (χ3v) is 7.52. The van der Waals surface area contributed by atoms with Gasteiger partial charge in [-0.2, -0.15) is 5.10 Å². The van der Waals surface area contributed by atoms with Crippen LogP contribution in [0.2, 0.25) is 0 Å². The van der Waals surface area contributed by atoms with Crippen LogP contribution in [0.1, 0.15) is 49.9 Å². The lowest BCUT2D eigenvalue weighted by atomic mass is 9.63. The Morgan fingerprint density at radius 1 is 1.16 bits per heavy atom. The number of carbonyl (C=O) groups is 1. The van der Waals surface area contributed by atoms with Gasteiger partial charge in [0, 0.05) is 17.8 Å². The van der Waals surface area contributed by atoms with E-state index in [0.29, 0.717) is 23.4 Å². The Morgan fingerprint density at radius 2 is 2.00 bits per heavy atom. The third-order valence-electron chi connectivity index (χ3n) is 7.52. The second-order valence-electron chi connectivity index (χ2n) is 9.91. The smallest absolute Gasteiger partial charge is 0.252 e. The standard InChI is InChI=1S/C26H32N4O2/c1-15-7-17-9-16(2)24(19(8-15)10-17)29-25-22(26(27)31)13-28-30-14-20(12-23(25)30)18-5-4-6-21(11-18)32-3/h4-6,11-17,19,24,29H,7-10H2,1-3H3,(H2,27,31). The molecule has 6 heteroatoms. The molecule has 1 amide bonds. The number of amides is 1. The number of nitrogens with one attached hydrogen (secondary N) is 1. The number of methoxy groups -OCH3 is 1. The molecule has 2 saturated carbocycles. The highest BCUT2D eigenvalue weighted by Gasteiger charge is 2.40. The SMILES string of the molecule is COc1cccc(-c2cc3c(NC4C(C)CC5CC(C)CC4C5)c(C(N)=O)cnn3c2)c1. The van der Waals surface area contributed by atoms with Gasteiger partial charge in [-0.25, -0.2) is 4.52 Å². The summed E-state index contributed by atoms with van der Waals surface area (Å²) < 4.78 is 7.22. The number of rotatable bonds is 5. The van der Waals surface area contributed by atoms with Crippen molar-refractivity contribution in [2.24, 2.45) is 29.4 Å². The first kappa shape index (κ1) is 20.9. The molecule has 0 radical (unpaired) electrons. The van der Waals surface area contributed by atoms with E-state index >= 15 is 0 Å². The quantitative estimate of drug-likeness (QED) is 0.596. The number of ether oxygens (including phenoxy) is 1. The summed E-state index contributed by atoms with van der Waals surface area (Å²) in [6.07, 6.45) is 8.68. The van der Waals surface area contributed by atoms with E-state index in [9.17, 15) is 4.79 Å². The lowest BCUT2D eigenvalue weighted by Gasteiger charge is -2.47. The second-order valence-corrected chi connectivity index (χ2v) is 9.91. The van der Waals surface area contributed by atoms with Crippen LogP contribution >= 0.6 is 0 Å². The molecule has 0 spiro atoms. The van der Waals surface area contributed by atoms with Gasteiger partial charge < -0.3 is 15.8 Å². The zero-order valence-corrected chi connectivity index (χ0v) is 19.0. The molecule has 2 aromatic heterocycles. The highest BCUT2D eigenvalue weighted by atomic mass is 16.5. The minimum absolute atomic E-state index is 0.327. The maximum atomic E-state index is 12.3. The highest BCUT2D eigenvalue weighted by Crippen LogP contribution is 2.46. The molecule has 0 saturated heterocycles. The minimum Gasteiger partial charge on any atom is -0.497 e. The van der Waals surface area contributed by atoms with E-state index in [2.05, 4.69) is 30.3 Å². The first-order valence-electron chi connectivity index (χ1n) is 11.6. The minimum atomic E-state index is -0.454. The number of nitrogens with two attached hydrogens (primary N) is 1. The molecule has 3 N–H and O–H groups in total. The first-order valence-corrected chi connectivity index (χ1v) is 11.6. The molecule has 5 atom stereocenters. The number of benzene rings is 1. The summed E-state index contributed by atoms with van der Waals surface area (Å²) in [6, 6.07) is 10.4. The molecule has 6 nitrogen and oxygen atoms in total. The van der Waals surface area contributed by atoms with Gasteiger partial charge in [0.2, 0.25) is 0 Å². The Morgan fingerprint density at radius 3 is 2.78 bits per heavy atom. The van der Waals surface area contributed by atoms with Crippen molar-refractivity contribution in [2.45, 2.75) is 45.6 Å². The van der Waals surface area contributed by atoms with Crippen molar-refractivity contribution in [3.63, 3.8) is 0 Å². The van der Waals surface area contributed by atoms with Crippen LogP contribution < -0.4 is 15.8 Å². The summed E-state index contributed by atoms with van der Waals surface area (Å²) in [5.74, 6) is 3.11. The summed E-state index contributed by atoms with van der Waals surface area (Å²) in [7, 11) is 1.67. The van der Waals surface area contributed by atoms with Crippen molar-refractivity contribution in [2.75, 3.05) is 12.4 Å². The number of nitrogens with zero attached hydrogens (tertiary/aromatic N) is 2. The van der Waals surface area contributed by atoms with E-state index in [0.717, 1.165) is 39.9 Å². The second kappa shape index (κ2) is 8.15. The van der Waals surface area contributed by atoms with Gasteiger partial charge in [0.1, 0.15) is 5.75 Å². The number of hydrogen-bond donors (Lipinski definition) is 2. The maximum Gasteiger partial charge on any atom is 0.252 e. The highest BCUT2D eigenvalue weighted by molar-refractivity contribution is 6.02. The van der Waals surface area contributed by atoms with Crippen molar-refractivity contribution < 1.29 is 9.53 Å². The average Bonchev–Trinajstić information content (AvgIpc) is 3.20. The van der Waals surface area contributed by atoms with Gasteiger partial charge in [0.25, 0.3) is 5.91 Å². The van der Waals surface area contributed by atoms with Crippen LogP contribution in [0.15, 0.2) is 42.7 Å². The van der Waals surface area contributed by atoms with Gasteiger partial charge in [-0.05, 0) is 73.1 Å². The van der Waals surface area contributed by atoms with Crippen LogP contribution in [0.25, 0.3) is 16.6 Å². The van der Waals surface area contributed by atoms with Gasteiger partial charge in [-0.1, -0.05) is 26.0 Å². The van der Waals surface area contributed by atoms with Crippen molar-refractivity contribution >= 4 is 17.1 Å². The molecule has 1 aromatic carbocycles. The molecular weight excluding hydrogens is 400 g/mol. The Bertz CT molecular complexity index is 1150. The summed E-state index contributed by atoms with van der Waals surface area (Å²) in [5.41, 5.74) is 9.96.